The minimum atomic E-state index is 0.0139. The topological polar surface area (TPSA) is 46.9 Å². The lowest BCUT2D eigenvalue weighted by Gasteiger charge is -2.05. The Morgan fingerprint density at radius 3 is 3.05 bits per heavy atom. The predicted octanol–water partition coefficient (Wildman–Crippen LogP) is 2.52. The van der Waals surface area contributed by atoms with Crippen LogP contribution in [0.25, 0.3) is 0 Å². The third-order valence-corrected chi connectivity index (χ3v) is 4.03. The summed E-state index contributed by atoms with van der Waals surface area (Å²) in [4.78, 5) is 15.9. The number of amides is 1. The molecule has 1 heterocycles. The van der Waals surface area contributed by atoms with Crippen molar-refractivity contribution in [2.75, 3.05) is 12.3 Å². The average molecular weight is 310 g/mol. The van der Waals surface area contributed by atoms with E-state index in [1.807, 2.05) is 42.1 Å². The van der Waals surface area contributed by atoms with Gasteiger partial charge in [-0.25, -0.2) is 4.98 Å². The highest BCUT2D eigenvalue weighted by atomic mass is 35.5. The molecule has 20 heavy (non-hydrogen) atoms. The number of imidazole rings is 1. The molecule has 1 N–H and O–H groups in total. The molecule has 0 unspecified atom stereocenters. The van der Waals surface area contributed by atoms with Gasteiger partial charge >= 0.3 is 0 Å². The summed E-state index contributed by atoms with van der Waals surface area (Å²) in [6.07, 6.45) is 4.36. The van der Waals surface area contributed by atoms with E-state index >= 15 is 0 Å². The zero-order valence-corrected chi connectivity index (χ0v) is 12.7. The van der Waals surface area contributed by atoms with Gasteiger partial charge < -0.3 is 9.88 Å². The fourth-order valence-electron chi connectivity index (χ4n) is 1.71. The number of aryl methyl sites for hydroxylation is 1. The van der Waals surface area contributed by atoms with E-state index in [9.17, 15) is 4.79 Å². The fraction of sp³-hybridized carbons (Fsp3) is 0.286. The first-order valence-corrected chi connectivity index (χ1v) is 7.63. The Hall–Kier alpha value is -1.46. The summed E-state index contributed by atoms with van der Waals surface area (Å²) in [7, 11) is 1.91. The molecular formula is C14H16ClN3OS. The van der Waals surface area contributed by atoms with Crippen LogP contribution in [0, 0.1) is 0 Å². The second-order valence-corrected chi connectivity index (χ2v) is 5.72. The number of nitrogens with one attached hydrogen (secondary N) is 1. The van der Waals surface area contributed by atoms with Gasteiger partial charge in [0, 0.05) is 31.0 Å². The first-order chi connectivity index (χ1) is 9.65. The fourth-order valence-corrected chi connectivity index (χ4v) is 2.69. The van der Waals surface area contributed by atoms with Crippen LogP contribution in [0.5, 0.6) is 0 Å². The number of aromatic nitrogens is 2. The molecule has 106 valence electrons. The first kappa shape index (κ1) is 14.9. The summed E-state index contributed by atoms with van der Waals surface area (Å²) >= 11 is 7.34. The van der Waals surface area contributed by atoms with E-state index < -0.39 is 0 Å². The zero-order chi connectivity index (χ0) is 14.4. The molecule has 1 aromatic heterocycles. The molecular weight excluding hydrogens is 294 g/mol. The number of halogens is 1. The highest BCUT2D eigenvalue weighted by Gasteiger charge is 2.05. The smallest absolute Gasteiger partial charge is 0.230 e. The number of hydrogen-bond acceptors (Lipinski definition) is 3. The van der Waals surface area contributed by atoms with Gasteiger partial charge in [-0.3, -0.25) is 4.79 Å². The van der Waals surface area contributed by atoms with Gasteiger partial charge in [0.1, 0.15) is 0 Å². The molecule has 0 saturated heterocycles. The van der Waals surface area contributed by atoms with E-state index in [0.29, 0.717) is 12.3 Å². The van der Waals surface area contributed by atoms with Gasteiger partial charge in [0.15, 0.2) is 5.16 Å². The van der Waals surface area contributed by atoms with Crippen molar-refractivity contribution in [3.63, 3.8) is 0 Å². The number of carbonyl (C=O) groups excluding carboxylic acids is 1. The number of rotatable bonds is 6. The lowest BCUT2D eigenvalue weighted by Crippen LogP contribution is -2.27. The van der Waals surface area contributed by atoms with Gasteiger partial charge in [-0.2, -0.15) is 0 Å². The molecule has 6 heteroatoms. The van der Waals surface area contributed by atoms with Gasteiger partial charge in [0.05, 0.1) is 5.75 Å². The van der Waals surface area contributed by atoms with Gasteiger partial charge in [-0.1, -0.05) is 35.5 Å². The lowest BCUT2D eigenvalue weighted by molar-refractivity contribution is -0.118. The van der Waals surface area contributed by atoms with Crippen LogP contribution in [0.3, 0.4) is 0 Å². The van der Waals surface area contributed by atoms with Crippen LogP contribution < -0.4 is 5.32 Å². The summed E-state index contributed by atoms with van der Waals surface area (Å²) in [5.41, 5.74) is 1.12. The molecule has 0 spiro atoms. The van der Waals surface area contributed by atoms with E-state index in [1.54, 1.807) is 6.20 Å². The largest absolute Gasteiger partial charge is 0.355 e. The molecule has 0 radical (unpaired) electrons. The van der Waals surface area contributed by atoms with Crippen molar-refractivity contribution < 1.29 is 4.79 Å². The minimum absolute atomic E-state index is 0.0139. The number of benzene rings is 1. The molecule has 1 aromatic carbocycles. The first-order valence-electron chi connectivity index (χ1n) is 6.26. The van der Waals surface area contributed by atoms with Crippen LogP contribution in [0.15, 0.2) is 41.8 Å². The highest BCUT2D eigenvalue weighted by Crippen LogP contribution is 2.13. The van der Waals surface area contributed by atoms with E-state index in [-0.39, 0.29) is 5.91 Å². The molecule has 0 aliphatic rings. The van der Waals surface area contributed by atoms with Crippen molar-refractivity contribution in [1.29, 1.82) is 0 Å². The normalized spacial score (nSPS) is 10.5. The van der Waals surface area contributed by atoms with Gasteiger partial charge in [-0.15, -0.1) is 0 Å². The maximum absolute atomic E-state index is 11.7. The molecule has 0 aliphatic heterocycles. The molecule has 0 atom stereocenters. The third kappa shape index (κ3) is 4.58. The zero-order valence-electron chi connectivity index (χ0n) is 11.2. The minimum Gasteiger partial charge on any atom is -0.355 e. The molecule has 0 fully saturated rings. The average Bonchev–Trinajstić information content (AvgIpc) is 2.82. The molecule has 2 rings (SSSR count). The van der Waals surface area contributed by atoms with Crippen molar-refractivity contribution in [2.24, 2.45) is 7.05 Å². The summed E-state index contributed by atoms with van der Waals surface area (Å²) in [6.45, 7) is 0.611. The summed E-state index contributed by atoms with van der Waals surface area (Å²) in [6, 6.07) is 7.67. The van der Waals surface area contributed by atoms with Crippen molar-refractivity contribution in [3.8, 4) is 0 Å². The molecule has 0 bridgehead atoms. The maximum Gasteiger partial charge on any atom is 0.230 e. The van der Waals surface area contributed by atoms with Crippen molar-refractivity contribution >= 4 is 29.3 Å². The Kier molecular flexibility index (Phi) is 5.49. The third-order valence-electron chi connectivity index (χ3n) is 2.73. The van der Waals surface area contributed by atoms with Crippen molar-refractivity contribution in [3.05, 3.63) is 47.2 Å². The molecule has 0 saturated carbocycles. The van der Waals surface area contributed by atoms with Crippen LogP contribution in [0.2, 0.25) is 5.02 Å². The monoisotopic (exact) mass is 309 g/mol. The van der Waals surface area contributed by atoms with Crippen LogP contribution >= 0.6 is 23.4 Å². The van der Waals surface area contributed by atoms with Crippen LogP contribution in [-0.4, -0.2) is 27.8 Å². The van der Waals surface area contributed by atoms with Gasteiger partial charge in [0.25, 0.3) is 0 Å². The van der Waals surface area contributed by atoms with Crippen molar-refractivity contribution in [2.45, 2.75) is 11.6 Å². The SMILES string of the molecule is Cn1ccnc1SCC(=O)NCCc1cccc(Cl)c1. The van der Waals surface area contributed by atoms with Crippen LogP contribution in [-0.2, 0) is 18.3 Å². The Balaban J connectivity index is 1.69. The second kappa shape index (κ2) is 7.36. The van der Waals surface area contributed by atoms with E-state index in [4.69, 9.17) is 11.6 Å². The van der Waals surface area contributed by atoms with Crippen LogP contribution in [0.4, 0.5) is 0 Å². The van der Waals surface area contributed by atoms with E-state index in [2.05, 4.69) is 10.3 Å². The molecule has 4 nitrogen and oxygen atoms in total. The summed E-state index contributed by atoms with van der Waals surface area (Å²) < 4.78 is 1.89. The molecule has 2 aromatic rings. The standard InChI is InChI=1S/C14H16ClN3OS/c1-18-8-7-17-14(18)20-10-13(19)16-6-5-11-3-2-4-12(15)9-11/h2-4,7-9H,5-6,10H2,1H3,(H,16,19). The predicted molar refractivity (Wildman–Crippen MR) is 82.1 cm³/mol. The van der Waals surface area contributed by atoms with Crippen molar-refractivity contribution in [1.82, 2.24) is 14.9 Å². The Labute approximate surface area is 127 Å². The number of carbonyl (C=O) groups is 1. The Morgan fingerprint density at radius 1 is 1.50 bits per heavy atom. The summed E-state index contributed by atoms with van der Waals surface area (Å²) in [5.74, 6) is 0.389. The van der Waals surface area contributed by atoms with Crippen LogP contribution in [0.1, 0.15) is 5.56 Å². The van der Waals surface area contributed by atoms with Gasteiger partial charge in [0.2, 0.25) is 5.91 Å². The molecule has 0 aliphatic carbocycles. The maximum atomic E-state index is 11.7. The van der Waals surface area contributed by atoms with E-state index in [1.165, 1.54) is 11.8 Å². The Bertz CT molecular complexity index is 585. The quantitative estimate of drug-likeness (QED) is 0.834. The highest BCUT2D eigenvalue weighted by molar-refractivity contribution is 7.99. The number of nitrogens with zero attached hydrogens (tertiary/aromatic N) is 2. The van der Waals surface area contributed by atoms with E-state index in [0.717, 1.165) is 22.2 Å². The lowest BCUT2D eigenvalue weighted by atomic mass is 10.1. The molecule has 1 amide bonds. The number of hydrogen-bond donors (Lipinski definition) is 1. The van der Waals surface area contributed by atoms with Gasteiger partial charge in [-0.05, 0) is 24.1 Å². The second-order valence-electron chi connectivity index (χ2n) is 4.34. The number of thioether (sulfide) groups is 1. The summed E-state index contributed by atoms with van der Waals surface area (Å²) in [5, 5.41) is 4.46. The Morgan fingerprint density at radius 2 is 2.35 bits per heavy atom.